The van der Waals surface area contributed by atoms with Gasteiger partial charge in [0.25, 0.3) is 0 Å². The second-order valence-electron chi connectivity index (χ2n) is 9.97. The Kier molecular flexibility index (Phi) is 7.38. The fourth-order valence-corrected chi connectivity index (χ4v) is 5.78. The largest absolute Gasteiger partial charge is 0.490 e. The Morgan fingerprint density at radius 3 is 2.64 bits per heavy atom. The first-order valence-corrected chi connectivity index (χ1v) is 13.9. The topological polar surface area (TPSA) is 42.8 Å². The SMILES string of the molecule is CCOc1cc(C=Nc2ccc([C@@H]3Nc4ccccc4[C@@H]4C=CC[C@@H]43)cc2)ccc1OCc1cccc(Cl)c1. The molecule has 1 aliphatic heterocycles. The summed E-state index contributed by atoms with van der Waals surface area (Å²) in [5.41, 5.74) is 6.80. The third-order valence-corrected chi connectivity index (χ3v) is 7.67. The molecule has 0 unspecified atom stereocenters. The second-order valence-corrected chi connectivity index (χ2v) is 10.4. The molecule has 5 heteroatoms. The average molecular weight is 535 g/mol. The molecule has 0 fully saturated rings. The normalized spacial score (nSPS) is 19.4. The van der Waals surface area contributed by atoms with Gasteiger partial charge >= 0.3 is 0 Å². The van der Waals surface area contributed by atoms with Gasteiger partial charge in [-0.3, -0.25) is 4.99 Å². The summed E-state index contributed by atoms with van der Waals surface area (Å²) in [6.45, 7) is 2.93. The standard InChI is InChI=1S/C34H31ClN2O2/c1-2-38-33-20-23(13-18-32(33)39-22-24-7-5-8-26(35)19-24)21-36-27-16-14-25(15-17-27)34-30-11-6-10-28(30)29-9-3-4-12-31(29)37-34/h3-10,12-21,28,30,34,37H,2,11,22H2,1H3/t28-,30-,34-/m0/s1. The molecule has 3 atom stereocenters. The number of benzene rings is 4. The minimum Gasteiger partial charge on any atom is -0.490 e. The van der Waals surface area contributed by atoms with Crippen molar-refractivity contribution in [1.82, 2.24) is 0 Å². The molecule has 0 spiro atoms. The second kappa shape index (κ2) is 11.4. The van der Waals surface area contributed by atoms with Gasteiger partial charge in [-0.2, -0.15) is 0 Å². The van der Waals surface area contributed by atoms with Crippen molar-refractivity contribution < 1.29 is 9.47 Å². The highest BCUT2D eigenvalue weighted by molar-refractivity contribution is 6.30. The van der Waals surface area contributed by atoms with Crippen molar-refractivity contribution in [1.29, 1.82) is 0 Å². The third kappa shape index (κ3) is 5.57. The minimum absolute atomic E-state index is 0.283. The van der Waals surface area contributed by atoms with E-state index in [1.54, 1.807) is 0 Å². The predicted octanol–water partition coefficient (Wildman–Crippen LogP) is 8.89. The van der Waals surface area contributed by atoms with Crippen LogP contribution in [-0.4, -0.2) is 12.8 Å². The van der Waals surface area contributed by atoms with Gasteiger partial charge in [0, 0.05) is 22.8 Å². The van der Waals surface area contributed by atoms with Crippen LogP contribution in [0.3, 0.4) is 0 Å². The van der Waals surface area contributed by atoms with Crippen LogP contribution in [0.4, 0.5) is 11.4 Å². The lowest BCUT2D eigenvalue weighted by molar-refractivity contribution is 0.269. The van der Waals surface area contributed by atoms with Crippen LogP contribution in [0.15, 0.2) is 108 Å². The number of nitrogens with zero attached hydrogens (tertiary/aromatic N) is 1. The number of para-hydroxylation sites is 1. The van der Waals surface area contributed by atoms with Gasteiger partial charge in [0.05, 0.1) is 18.3 Å². The molecule has 0 saturated carbocycles. The van der Waals surface area contributed by atoms with E-state index in [0.29, 0.717) is 41.6 Å². The summed E-state index contributed by atoms with van der Waals surface area (Å²) < 4.78 is 11.9. The molecule has 6 rings (SSSR count). The van der Waals surface area contributed by atoms with E-state index in [1.807, 2.05) is 55.6 Å². The van der Waals surface area contributed by atoms with E-state index in [1.165, 1.54) is 16.8 Å². The molecule has 0 aromatic heterocycles. The number of nitrogens with one attached hydrogen (secondary N) is 1. The van der Waals surface area contributed by atoms with Crippen LogP contribution in [-0.2, 0) is 6.61 Å². The van der Waals surface area contributed by atoms with Gasteiger partial charge in [-0.15, -0.1) is 0 Å². The van der Waals surface area contributed by atoms with Crippen molar-refractivity contribution in [2.45, 2.75) is 31.9 Å². The molecule has 2 aliphatic rings. The highest BCUT2D eigenvalue weighted by Gasteiger charge is 2.37. The zero-order valence-electron chi connectivity index (χ0n) is 21.9. The number of ether oxygens (including phenoxy) is 2. The fourth-order valence-electron chi connectivity index (χ4n) is 5.57. The van der Waals surface area contributed by atoms with Gasteiger partial charge in [0.2, 0.25) is 0 Å². The molecule has 0 radical (unpaired) electrons. The van der Waals surface area contributed by atoms with Crippen LogP contribution in [0.1, 0.15) is 47.6 Å². The highest BCUT2D eigenvalue weighted by atomic mass is 35.5. The first-order valence-electron chi connectivity index (χ1n) is 13.5. The first-order chi connectivity index (χ1) is 19.2. The summed E-state index contributed by atoms with van der Waals surface area (Å²) >= 11 is 6.10. The van der Waals surface area contributed by atoms with E-state index in [0.717, 1.165) is 23.2 Å². The Hall–Kier alpha value is -4.02. The van der Waals surface area contributed by atoms with E-state index in [9.17, 15) is 0 Å². The Bertz CT molecular complexity index is 1510. The molecule has 4 aromatic rings. The van der Waals surface area contributed by atoms with Crippen LogP contribution >= 0.6 is 11.6 Å². The van der Waals surface area contributed by atoms with E-state index in [2.05, 4.69) is 66.0 Å². The van der Waals surface area contributed by atoms with Crippen molar-refractivity contribution >= 4 is 29.2 Å². The van der Waals surface area contributed by atoms with Crippen molar-refractivity contribution in [3.05, 3.63) is 130 Å². The van der Waals surface area contributed by atoms with E-state index in [4.69, 9.17) is 26.1 Å². The Morgan fingerprint density at radius 1 is 0.923 bits per heavy atom. The van der Waals surface area contributed by atoms with Crippen molar-refractivity contribution in [3.63, 3.8) is 0 Å². The Balaban J connectivity index is 1.15. The van der Waals surface area contributed by atoms with Crippen LogP contribution in [0.2, 0.25) is 5.02 Å². The summed E-state index contributed by atoms with van der Waals surface area (Å²) in [6, 6.07) is 31.1. The van der Waals surface area contributed by atoms with Gasteiger partial charge in [-0.1, -0.05) is 66.2 Å². The first kappa shape index (κ1) is 25.3. The predicted molar refractivity (Wildman–Crippen MR) is 160 cm³/mol. The highest BCUT2D eigenvalue weighted by Crippen LogP contribution is 2.49. The van der Waals surface area contributed by atoms with Crippen molar-refractivity contribution in [2.75, 3.05) is 11.9 Å². The number of hydrogen-bond acceptors (Lipinski definition) is 4. The quantitative estimate of drug-likeness (QED) is 0.181. The lowest BCUT2D eigenvalue weighted by Gasteiger charge is -2.37. The molecule has 1 N–H and O–H groups in total. The van der Waals surface area contributed by atoms with Crippen LogP contribution in [0, 0.1) is 5.92 Å². The molecule has 196 valence electrons. The van der Waals surface area contributed by atoms with Crippen LogP contribution < -0.4 is 14.8 Å². The number of hydrogen-bond donors (Lipinski definition) is 1. The maximum atomic E-state index is 6.10. The van der Waals surface area contributed by atoms with Gasteiger partial charge < -0.3 is 14.8 Å². The van der Waals surface area contributed by atoms with Crippen LogP contribution in [0.5, 0.6) is 11.5 Å². The van der Waals surface area contributed by atoms with E-state index >= 15 is 0 Å². The molecule has 0 amide bonds. The summed E-state index contributed by atoms with van der Waals surface area (Å²) in [4.78, 5) is 4.73. The van der Waals surface area contributed by atoms with Gasteiger partial charge in [0.15, 0.2) is 11.5 Å². The molecule has 0 bridgehead atoms. The smallest absolute Gasteiger partial charge is 0.161 e. The number of allylic oxidation sites excluding steroid dienone is 2. The fraction of sp³-hybridized carbons (Fsp3) is 0.206. The van der Waals surface area contributed by atoms with Gasteiger partial charge in [-0.25, -0.2) is 0 Å². The van der Waals surface area contributed by atoms with Crippen molar-refractivity contribution in [3.8, 4) is 11.5 Å². The lowest BCUT2D eigenvalue weighted by Crippen LogP contribution is -2.28. The minimum atomic E-state index is 0.283. The molecular formula is C34H31ClN2O2. The summed E-state index contributed by atoms with van der Waals surface area (Å²) in [5.74, 6) is 2.40. The summed E-state index contributed by atoms with van der Waals surface area (Å²) in [7, 11) is 0. The zero-order valence-corrected chi connectivity index (χ0v) is 22.6. The van der Waals surface area contributed by atoms with Gasteiger partial charge in [-0.05, 0) is 90.0 Å². The molecule has 39 heavy (non-hydrogen) atoms. The molecule has 0 saturated heterocycles. The number of rotatable bonds is 8. The average Bonchev–Trinajstić information content (AvgIpc) is 3.46. The van der Waals surface area contributed by atoms with Crippen LogP contribution in [0.25, 0.3) is 0 Å². The summed E-state index contributed by atoms with van der Waals surface area (Å²) in [6.07, 6.45) is 7.66. The van der Waals surface area contributed by atoms with E-state index in [-0.39, 0.29) is 6.04 Å². The van der Waals surface area contributed by atoms with Crippen molar-refractivity contribution in [2.24, 2.45) is 10.9 Å². The molecular weight excluding hydrogens is 504 g/mol. The molecule has 4 nitrogen and oxygen atoms in total. The number of aliphatic imine (C=N–C) groups is 1. The maximum absolute atomic E-state index is 6.10. The number of fused-ring (bicyclic) bond motifs is 3. The number of halogens is 1. The zero-order chi connectivity index (χ0) is 26.6. The Morgan fingerprint density at radius 2 is 1.79 bits per heavy atom. The monoisotopic (exact) mass is 534 g/mol. The summed E-state index contributed by atoms with van der Waals surface area (Å²) in [5, 5.41) is 4.49. The molecule has 1 aliphatic carbocycles. The van der Waals surface area contributed by atoms with Gasteiger partial charge in [0.1, 0.15) is 6.61 Å². The third-order valence-electron chi connectivity index (χ3n) is 7.44. The molecule has 1 heterocycles. The van der Waals surface area contributed by atoms with E-state index < -0.39 is 0 Å². The molecule has 4 aromatic carbocycles. The lowest BCUT2D eigenvalue weighted by atomic mass is 9.77. The Labute approximate surface area is 235 Å². The maximum Gasteiger partial charge on any atom is 0.161 e. The number of anilines is 1.